The maximum atomic E-state index is 12.2. The van der Waals surface area contributed by atoms with E-state index in [1.807, 2.05) is 0 Å². The van der Waals surface area contributed by atoms with E-state index in [1.165, 1.54) is 6.07 Å². The summed E-state index contributed by atoms with van der Waals surface area (Å²) in [5.41, 5.74) is 0.620. The number of carbonyl (C=O) groups is 1. The Morgan fingerprint density at radius 3 is 2.63 bits per heavy atom. The van der Waals surface area contributed by atoms with Crippen LogP contribution >= 0.6 is 0 Å². The average molecular weight is 390 g/mol. The molecular weight excluding hydrogens is 368 g/mol. The Bertz CT molecular complexity index is 891. The van der Waals surface area contributed by atoms with Gasteiger partial charge in [-0.1, -0.05) is 19.1 Å². The minimum Gasteiger partial charge on any atom is -0.456 e. The van der Waals surface area contributed by atoms with Gasteiger partial charge in [0.2, 0.25) is 5.91 Å². The van der Waals surface area contributed by atoms with Crippen LogP contribution < -0.4 is 15.4 Å². The first-order chi connectivity index (χ1) is 13.0. The largest absolute Gasteiger partial charge is 0.456 e. The van der Waals surface area contributed by atoms with Crippen LogP contribution in [-0.2, 0) is 19.4 Å². The van der Waals surface area contributed by atoms with Crippen LogP contribution in [0.3, 0.4) is 0 Å². The van der Waals surface area contributed by atoms with Crippen molar-refractivity contribution in [2.45, 2.75) is 17.9 Å². The highest BCUT2D eigenvalue weighted by Gasteiger charge is 2.21. The summed E-state index contributed by atoms with van der Waals surface area (Å²) in [6.45, 7) is 3.18. The minimum atomic E-state index is -3.39. The predicted octanol–water partition coefficient (Wildman–Crippen LogP) is 2.20. The molecule has 1 fully saturated rings. The molecule has 0 radical (unpaired) electrons. The smallest absolute Gasteiger partial charge is 0.243 e. The normalized spacial score (nSPS) is 17.3. The highest BCUT2D eigenvalue weighted by Crippen LogP contribution is 2.30. The molecule has 1 unspecified atom stereocenters. The Morgan fingerprint density at radius 2 is 1.96 bits per heavy atom. The highest BCUT2D eigenvalue weighted by atomic mass is 32.2. The van der Waals surface area contributed by atoms with Crippen LogP contribution in [0.25, 0.3) is 0 Å². The van der Waals surface area contributed by atoms with Crippen molar-refractivity contribution in [3.8, 4) is 11.5 Å². The summed E-state index contributed by atoms with van der Waals surface area (Å²) in [6.07, 6.45) is 0. The van der Waals surface area contributed by atoms with Gasteiger partial charge in [-0.3, -0.25) is 4.79 Å². The summed E-state index contributed by atoms with van der Waals surface area (Å²) in [5, 5.41) is 5.90. The summed E-state index contributed by atoms with van der Waals surface area (Å²) in [4.78, 5) is 12.3. The number of para-hydroxylation sites is 1. The summed E-state index contributed by atoms with van der Waals surface area (Å²) in [5.74, 6) is 0.588. The maximum absolute atomic E-state index is 12.2. The van der Waals surface area contributed by atoms with E-state index in [0.717, 1.165) is 0 Å². The molecule has 2 aromatic carbocycles. The molecule has 1 saturated heterocycles. The lowest BCUT2D eigenvalue weighted by Gasteiger charge is -2.22. The van der Waals surface area contributed by atoms with Crippen molar-refractivity contribution in [3.05, 3.63) is 48.5 Å². The lowest BCUT2D eigenvalue weighted by Crippen LogP contribution is -2.48. The molecule has 1 atom stereocenters. The summed E-state index contributed by atoms with van der Waals surface area (Å²) < 4.78 is 35.4. The van der Waals surface area contributed by atoms with Crippen molar-refractivity contribution in [2.75, 3.05) is 30.8 Å². The third kappa shape index (κ3) is 4.85. The van der Waals surface area contributed by atoms with E-state index in [1.54, 1.807) is 49.4 Å². The maximum Gasteiger partial charge on any atom is 0.243 e. The average Bonchev–Trinajstić information content (AvgIpc) is 2.70. The van der Waals surface area contributed by atoms with Gasteiger partial charge in [-0.2, -0.15) is 0 Å². The Morgan fingerprint density at radius 1 is 1.22 bits per heavy atom. The molecule has 2 aromatic rings. The molecule has 8 heteroatoms. The molecule has 2 N–H and O–H groups in total. The van der Waals surface area contributed by atoms with Crippen molar-refractivity contribution < 1.29 is 22.7 Å². The molecule has 0 saturated carbocycles. The Kier molecular flexibility index (Phi) is 6.10. The number of carbonyl (C=O) groups excluding carboxylic acids is 1. The van der Waals surface area contributed by atoms with E-state index in [2.05, 4.69) is 10.6 Å². The summed E-state index contributed by atoms with van der Waals surface area (Å²) >= 11 is 0. The van der Waals surface area contributed by atoms with Gasteiger partial charge < -0.3 is 20.1 Å². The fourth-order valence-corrected chi connectivity index (χ4v) is 3.66. The van der Waals surface area contributed by atoms with Crippen molar-refractivity contribution in [3.63, 3.8) is 0 Å². The standard InChI is InChI=1S/C19H22N2O5S/c1-2-27(23,24)18-6-4-3-5-17(18)26-15-9-7-14(8-10-15)21-19(22)16-13-25-12-11-20-16/h3-10,16,20H,2,11-13H2,1H3,(H,21,22). The quantitative estimate of drug-likeness (QED) is 0.785. The first-order valence-corrected chi connectivity index (χ1v) is 10.4. The first kappa shape index (κ1) is 19.3. The fraction of sp³-hybridized carbons (Fsp3) is 0.316. The molecule has 144 valence electrons. The molecule has 1 aliphatic rings. The van der Waals surface area contributed by atoms with Gasteiger partial charge in [0.1, 0.15) is 22.4 Å². The molecule has 1 aliphatic heterocycles. The topological polar surface area (TPSA) is 93.7 Å². The number of morpholine rings is 1. The zero-order chi connectivity index (χ0) is 19.3. The van der Waals surface area contributed by atoms with Crippen LogP contribution in [0.4, 0.5) is 5.69 Å². The van der Waals surface area contributed by atoms with Gasteiger partial charge >= 0.3 is 0 Å². The molecule has 0 spiro atoms. The fourth-order valence-electron chi connectivity index (χ4n) is 2.64. The second kappa shape index (κ2) is 8.51. The van der Waals surface area contributed by atoms with Crippen LogP contribution in [0.2, 0.25) is 0 Å². The number of anilines is 1. The monoisotopic (exact) mass is 390 g/mol. The predicted molar refractivity (Wildman–Crippen MR) is 102 cm³/mol. The molecule has 0 bridgehead atoms. The van der Waals surface area contributed by atoms with Crippen molar-refractivity contribution in [1.29, 1.82) is 0 Å². The molecule has 7 nitrogen and oxygen atoms in total. The number of rotatable bonds is 6. The Labute approximate surface area is 158 Å². The molecule has 27 heavy (non-hydrogen) atoms. The number of sulfone groups is 1. The van der Waals surface area contributed by atoms with Gasteiger partial charge in [0, 0.05) is 12.2 Å². The molecule has 0 aliphatic carbocycles. The summed E-state index contributed by atoms with van der Waals surface area (Å²) in [7, 11) is -3.39. The van der Waals surface area contributed by atoms with Crippen LogP contribution in [0, 0.1) is 0 Å². The van der Waals surface area contributed by atoms with Crippen LogP contribution in [0.15, 0.2) is 53.4 Å². The molecule has 0 aromatic heterocycles. The van der Waals surface area contributed by atoms with Crippen molar-refractivity contribution >= 4 is 21.4 Å². The van der Waals surface area contributed by atoms with Crippen LogP contribution in [-0.4, -0.2) is 45.9 Å². The van der Waals surface area contributed by atoms with Crippen molar-refractivity contribution in [2.24, 2.45) is 0 Å². The zero-order valence-corrected chi connectivity index (χ0v) is 15.8. The Balaban J connectivity index is 1.69. The number of ether oxygens (including phenoxy) is 2. The summed E-state index contributed by atoms with van der Waals surface area (Å²) in [6, 6.07) is 12.9. The minimum absolute atomic E-state index is 0.00272. The van der Waals surface area contributed by atoms with E-state index in [4.69, 9.17) is 9.47 Å². The van der Waals surface area contributed by atoms with Crippen LogP contribution in [0.1, 0.15) is 6.92 Å². The number of nitrogens with one attached hydrogen (secondary N) is 2. The lowest BCUT2D eigenvalue weighted by atomic mass is 10.2. The third-order valence-corrected chi connectivity index (χ3v) is 5.92. The first-order valence-electron chi connectivity index (χ1n) is 8.71. The molecular formula is C19H22N2O5S. The molecule has 3 rings (SSSR count). The van der Waals surface area contributed by atoms with Crippen molar-refractivity contribution in [1.82, 2.24) is 5.32 Å². The second-order valence-electron chi connectivity index (χ2n) is 6.05. The number of hydrogen-bond acceptors (Lipinski definition) is 6. The van der Waals surface area contributed by atoms with E-state index in [9.17, 15) is 13.2 Å². The third-order valence-electron chi connectivity index (χ3n) is 4.15. The SMILES string of the molecule is CCS(=O)(=O)c1ccccc1Oc1ccc(NC(=O)C2COCCN2)cc1. The molecule has 1 amide bonds. The number of amides is 1. The zero-order valence-electron chi connectivity index (χ0n) is 15.0. The molecule has 1 heterocycles. The van der Waals surface area contributed by atoms with Gasteiger partial charge in [-0.05, 0) is 36.4 Å². The van der Waals surface area contributed by atoms with Gasteiger partial charge in [-0.25, -0.2) is 8.42 Å². The second-order valence-corrected chi connectivity index (χ2v) is 8.29. The van der Waals surface area contributed by atoms with E-state index >= 15 is 0 Å². The van der Waals surface area contributed by atoms with Gasteiger partial charge in [0.25, 0.3) is 0 Å². The highest BCUT2D eigenvalue weighted by molar-refractivity contribution is 7.91. The lowest BCUT2D eigenvalue weighted by molar-refractivity contribution is -0.120. The Hall–Kier alpha value is -2.42. The van der Waals surface area contributed by atoms with E-state index in [0.29, 0.717) is 31.2 Å². The van der Waals surface area contributed by atoms with Gasteiger partial charge in [0.15, 0.2) is 9.84 Å². The number of hydrogen-bond donors (Lipinski definition) is 2. The van der Waals surface area contributed by atoms with Gasteiger partial charge in [-0.15, -0.1) is 0 Å². The van der Waals surface area contributed by atoms with Crippen LogP contribution in [0.5, 0.6) is 11.5 Å². The van der Waals surface area contributed by atoms with Gasteiger partial charge in [0.05, 0.1) is 19.0 Å². The number of benzene rings is 2. The van der Waals surface area contributed by atoms with E-state index in [-0.39, 0.29) is 28.3 Å². The van der Waals surface area contributed by atoms with E-state index < -0.39 is 9.84 Å².